The smallest absolute Gasteiger partial charge is 0.317 e. The van der Waals surface area contributed by atoms with Crippen LogP contribution in [0.1, 0.15) is 0 Å². The maximum absolute atomic E-state index is 10.2. The van der Waals surface area contributed by atoms with Crippen molar-refractivity contribution in [1.29, 1.82) is 0 Å². The van der Waals surface area contributed by atoms with Crippen LogP contribution in [0.15, 0.2) is 18.2 Å². The van der Waals surface area contributed by atoms with Gasteiger partial charge in [-0.3, -0.25) is 20.2 Å². The lowest BCUT2D eigenvalue weighted by Crippen LogP contribution is -1.92. The zero-order valence-corrected chi connectivity index (χ0v) is 9.18. The lowest BCUT2D eigenvalue weighted by atomic mass is 10.2. The molecule has 7 nitrogen and oxygen atoms in total. The van der Waals surface area contributed by atoms with E-state index >= 15 is 0 Å². The largest absolute Gasteiger partial charge is 0.502 e. The highest BCUT2D eigenvalue weighted by molar-refractivity contribution is 6.40. The van der Waals surface area contributed by atoms with Crippen LogP contribution in [0, 0.1) is 20.2 Å². The summed E-state index contributed by atoms with van der Waals surface area (Å²) in [6.45, 7) is 0. The zero-order chi connectivity index (χ0) is 12.7. The van der Waals surface area contributed by atoms with Crippen LogP contribution in [0.2, 0.25) is 0 Å². The van der Waals surface area contributed by atoms with Crippen molar-refractivity contribution >= 4 is 34.6 Å². The molecule has 16 heavy (non-hydrogen) atoms. The molecule has 0 spiro atoms. The topological polar surface area (TPSA) is 107 Å². The summed E-state index contributed by atoms with van der Waals surface area (Å²) >= 11 is 9.53. The van der Waals surface area contributed by atoms with Crippen LogP contribution in [-0.4, -0.2) is 20.3 Å². The molecule has 1 N–H and O–H groups in total. The Hall–Kier alpha value is -1.60. The van der Waals surface area contributed by atoms with E-state index in [2.05, 4.69) is 0 Å². The van der Waals surface area contributed by atoms with Crippen molar-refractivity contribution in [3.05, 3.63) is 38.4 Å². The molecule has 0 fully saturated rings. The van der Waals surface area contributed by atoms with Crippen molar-refractivity contribution in [2.75, 3.05) is 5.34 Å². The first-order valence-electron chi connectivity index (χ1n) is 3.67. The van der Waals surface area contributed by atoms with Crippen LogP contribution in [-0.2, 0) is 0 Å². The number of nitro benzene ring substituents is 2. The summed E-state index contributed by atoms with van der Waals surface area (Å²) in [4.78, 5) is 18.7. The normalized spacial score (nSPS) is 8.88. The molecule has 0 aromatic heterocycles. The van der Waals surface area contributed by atoms with Crippen molar-refractivity contribution in [3.8, 4) is 5.75 Å². The third-order valence-corrected chi connectivity index (χ3v) is 1.37. The predicted molar refractivity (Wildman–Crippen MR) is 58.0 cm³/mol. The van der Waals surface area contributed by atoms with Gasteiger partial charge in [0.05, 0.1) is 21.3 Å². The number of benzene rings is 1. The van der Waals surface area contributed by atoms with Crippen molar-refractivity contribution in [2.45, 2.75) is 0 Å². The molecule has 0 aliphatic heterocycles. The lowest BCUT2D eigenvalue weighted by Gasteiger charge is -1.94. The number of alkyl halides is 2. The Bertz CT molecular complexity index is 398. The number of aromatic hydroxyl groups is 1. The van der Waals surface area contributed by atoms with E-state index < -0.39 is 27.0 Å². The average molecular weight is 269 g/mol. The van der Waals surface area contributed by atoms with Gasteiger partial charge >= 0.3 is 5.69 Å². The first-order valence-corrected chi connectivity index (χ1v) is 4.74. The van der Waals surface area contributed by atoms with Gasteiger partial charge in [-0.1, -0.05) is 0 Å². The average Bonchev–Trinajstić information content (AvgIpc) is 2.18. The van der Waals surface area contributed by atoms with Gasteiger partial charge in [-0.2, -0.15) is 0 Å². The fraction of sp³-hybridized carbons (Fsp3) is 0.143. The Balaban J connectivity index is 0.000000673. The van der Waals surface area contributed by atoms with Crippen molar-refractivity contribution in [3.63, 3.8) is 0 Å². The number of rotatable bonds is 2. The lowest BCUT2D eigenvalue weighted by molar-refractivity contribution is -0.394. The molecule has 0 aliphatic rings. The Morgan fingerprint density at radius 3 is 2.06 bits per heavy atom. The molecule has 9 heteroatoms. The Morgan fingerprint density at radius 2 is 1.69 bits per heavy atom. The third-order valence-electron chi connectivity index (χ3n) is 1.37. The molecular weight excluding hydrogens is 263 g/mol. The second-order valence-corrected chi connectivity index (χ2v) is 3.10. The Kier molecular flexibility index (Phi) is 6.12. The summed E-state index contributed by atoms with van der Waals surface area (Å²) in [5.74, 6) is -0.587. The fourth-order valence-corrected chi connectivity index (χ4v) is 0.772. The fourth-order valence-electron chi connectivity index (χ4n) is 0.772. The molecule has 0 aliphatic carbocycles. The van der Waals surface area contributed by atoms with E-state index in [1.54, 1.807) is 0 Å². The second-order valence-electron chi connectivity index (χ2n) is 2.29. The molecule has 0 radical (unpaired) electrons. The maximum atomic E-state index is 10.2. The molecule has 1 aromatic carbocycles. The molecule has 0 heterocycles. The number of phenols is 1. The SMILES string of the molecule is ClCCl.O=[N+]([O-])c1ccc(O)c([N+](=O)[O-])c1. The van der Waals surface area contributed by atoms with Gasteiger partial charge in [-0.15, -0.1) is 23.2 Å². The highest BCUT2D eigenvalue weighted by Crippen LogP contribution is 2.29. The minimum atomic E-state index is -0.887. The van der Waals surface area contributed by atoms with E-state index in [-0.39, 0.29) is 5.34 Å². The standard InChI is InChI=1S/C6H4N2O5.CH2Cl2/c9-6-2-1-4(7(10)11)3-5(6)8(12)13;2-1-3/h1-3,9H;1H2. The van der Waals surface area contributed by atoms with Crippen LogP contribution in [0.4, 0.5) is 11.4 Å². The molecule has 0 unspecified atom stereocenters. The number of phenolic OH excluding ortho intramolecular Hbond substituents is 1. The summed E-state index contributed by atoms with van der Waals surface area (Å²) in [6.07, 6.45) is 0. The van der Waals surface area contributed by atoms with Crippen LogP contribution < -0.4 is 0 Å². The van der Waals surface area contributed by atoms with E-state index in [0.29, 0.717) is 6.07 Å². The highest BCUT2D eigenvalue weighted by atomic mass is 35.5. The van der Waals surface area contributed by atoms with Crippen LogP contribution in [0.3, 0.4) is 0 Å². The molecule has 1 aromatic rings. The van der Waals surface area contributed by atoms with E-state index in [0.717, 1.165) is 12.1 Å². The molecule has 88 valence electrons. The summed E-state index contributed by atoms with van der Waals surface area (Å²) in [5.41, 5.74) is -1.10. The van der Waals surface area contributed by atoms with E-state index in [9.17, 15) is 20.2 Å². The van der Waals surface area contributed by atoms with E-state index in [1.165, 1.54) is 0 Å². The van der Waals surface area contributed by atoms with Crippen molar-refractivity contribution < 1.29 is 15.0 Å². The zero-order valence-electron chi connectivity index (χ0n) is 7.67. The van der Waals surface area contributed by atoms with Gasteiger partial charge in [-0.05, 0) is 6.07 Å². The summed E-state index contributed by atoms with van der Waals surface area (Å²) in [5, 5.41) is 29.5. The summed E-state index contributed by atoms with van der Waals surface area (Å²) < 4.78 is 0. The van der Waals surface area contributed by atoms with E-state index in [4.69, 9.17) is 28.3 Å². The van der Waals surface area contributed by atoms with Crippen molar-refractivity contribution in [2.24, 2.45) is 0 Å². The van der Waals surface area contributed by atoms with Gasteiger partial charge in [-0.25, -0.2) is 0 Å². The number of hydrogen-bond donors (Lipinski definition) is 1. The van der Waals surface area contributed by atoms with Crippen molar-refractivity contribution in [1.82, 2.24) is 0 Å². The summed E-state index contributed by atoms with van der Waals surface area (Å²) in [6, 6.07) is 2.61. The highest BCUT2D eigenvalue weighted by Gasteiger charge is 2.18. The number of nitro groups is 2. The van der Waals surface area contributed by atoms with Crippen LogP contribution >= 0.6 is 23.2 Å². The molecule has 0 amide bonds. The quantitative estimate of drug-likeness (QED) is 0.504. The Morgan fingerprint density at radius 1 is 1.19 bits per heavy atom. The van der Waals surface area contributed by atoms with Crippen LogP contribution in [0.25, 0.3) is 0 Å². The Labute approximate surface area is 99.5 Å². The van der Waals surface area contributed by atoms with Gasteiger partial charge in [0.25, 0.3) is 5.69 Å². The molecule has 0 saturated heterocycles. The minimum absolute atomic E-state index is 0.194. The predicted octanol–water partition coefficient (Wildman–Crippen LogP) is 2.63. The third kappa shape index (κ3) is 4.28. The maximum Gasteiger partial charge on any atom is 0.317 e. The van der Waals surface area contributed by atoms with Crippen LogP contribution in [0.5, 0.6) is 5.75 Å². The second kappa shape index (κ2) is 6.81. The van der Waals surface area contributed by atoms with E-state index in [1.807, 2.05) is 0 Å². The van der Waals surface area contributed by atoms with Gasteiger partial charge < -0.3 is 5.11 Å². The molecule has 0 bridgehead atoms. The number of nitrogens with zero attached hydrogens (tertiary/aromatic N) is 2. The monoisotopic (exact) mass is 268 g/mol. The van der Waals surface area contributed by atoms with Gasteiger partial charge in [0, 0.05) is 6.07 Å². The molecule has 0 atom stereocenters. The molecular formula is C7H6Cl2N2O5. The minimum Gasteiger partial charge on any atom is -0.502 e. The first kappa shape index (κ1) is 14.4. The molecule has 1 rings (SSSR count). The number of non-ortho nitro benzene ring substituents is 1. The van der Waals surface area contributed by atoms with Gasteiger partial charge in [0.2, 0.25) is 0 Å². The van der Waals surface area contributed by atoms with Gasteiger partial charge in [0.1, 0.15) is 0 Å². The van der Waals surface area contributed by atoms with Gasteiger partial charge in [0.15, 0.2) is 5.75 Å². The number of halogens is 2. The number of hydrogen-bond acceptors (Lipinski definition) is 5. The summed E-state index contributed by atoms with van der Waals surface area (Å²) in [7, 11) is 0. The first-order chi connectivity index (χ1) is 7.43. The molecule has 0 saturated carbocycles.